The summed E-state index contributed by atoms with van der Waals surface area (Å²) in [7, 11) is 0. The van der Waals surface area contributed by atoms with Crippen LogP contribution in [-0.4, -0.2) is 20.6 Å². The first-order valence-corrected chi connectivity index (χ1v) is 15.0. The number of halogens is 2. The maximum absolute atomic E-state index is 12.9. The maximum atomic E-state index is 12.9. The predicted molar refractivity (Wildman–Crippen MR) is 173 cm³/mol. The van der Waals surface area contributed by atoms with Crippen molar-refractivity contribution in [1.82, 2.24) is 9.97 Å². The van der Waals surface area contributed by atoms with Gasteiger partial charge >= 0.3 is 5.63 Å². The van der Waals surface area contributed by atoms with Crippen molar-refractivity contribution in [2.75, 3.05) is 5.01 Å². The number of benzene rings is 3. The number of anilines is 1. The van der Waals surface area contributed by atoms with E-state index in [0.717, 1.165) is 36.7 Å². The van der Waals surface area contributed by atoms with E-state index in [1.165, 1.54) is 23.5 Å². The second-order valence-electron chi connectivity index (χ2n) is 9.62. The molecule has 1 aliphatic rings. The van der Waals surface area contributed by atoms with E-state index in [4.69, 9.17) is 26.1 Å². The van der Waals surface area contributed by atoms with Crippen LogP contribution in [0.25, 0.3) is 33.1 Å². The molecular weight excluding hydrogens is 689 g/mol. The van der Waals surface area contributed by atoms with E-state index in [1.807, 2.05) is 42.5 Å². The van der Waals surface area contributed by atoms with Crippen LogP contribution in [-0.2, 0) is 0 Å². The molecule has 9 nitrogen and oxygen atoms in total. The summed E-state index contributed by atoms with van der Waals surface area (Å²) in [5.41, 5.74) is 3.88. The zero-order valence-corrected chi connectivity index (χ0v) is 25.1. The fourth-order valence-electron chi connectivity index (χ4n) is 4.99. The average Bonchev–Trinajstić information content (AvgIpc) is 3.65. The molecule has 206 valence electrons. The van der Waals surface area contributed by atoms with Crippen LogP contribution in [0.5, 0.6) is 0 Å². The minimum absolute atomic E-state index is 0.000922. The molecule has 0 radical (unpaired) electrons. The Labute approximate surface area is 260 Å². The Hall–Kier alpha value is -4.20. The molecule has 0 fully saturated rings. The highest BCUT2D eigenvalue weighted by Crippen LogP contribution is 2.42. The minimum Gasteiger partial charge on any atom is -0.422 e. The van der Waals surface area contributed by atoms with E-state index in [2.05, 4.69) is 27.6 Å². The molecule has 3 aromatic heterocycles. The fraction of sp³-hybridized carbons (Fsp3) is 0.0667. The van der Waals surface area contributed by atoms with Gasteiger partial charge in [-0.3, -0.25) is 10.1 Å². The molecule has 6 aromatic rings. The summed E-state index contributed by atoms with van der Waals surface area (Å²) < 4.78 is 6.60. The number of hydrogen-bond acceptors (Lipinski definition) is 9. The van der Waals surface area contributed by atoms with Gasteiger partial charge in [-0.1, -0.05) is 29.8 Å². The number of para-hydroxylation sites is 1. The van der Waals surface area contributed by atoms with Gasteiger partial charge in [-0.05, 0) is 76.7 Å². The van der Waals surface area contributed by atoms with Crippen LogP contribution < -0.4 is 10.6 Å². The quantitative estimate of drug-likeness (QED) is 0.0587. The number of nitro groups is 1. The van der Waals surface area contributed by atoms with Crippen LogP contribution in [0.2, 0.25) is 5.15 Å². The van der Waals surface area contributed by atoms with Crippen molar-refractivity contribution in [2.24, 2.45) is 5.10 Å². The van der Waals surface area contributed by atoms with E-state index in [0.29, 0.717) is 33.5 Å². The fourth-order valence-corrected chi connectivity index (χ4v) is 6.60. The van der Waals surface area contributed by atoms with Crippen LogP contribution in [0.1, 0.15) is 23.6 Å². The second-order valence-corrected chi connectivity index (χ2v) is 12.1. The largest absolute Gasteiger partial charge is 0.422 e. The van der Waals surface area contributed by atoms with Crippen molar-refractivity contribution >= 4 is 83.9 Å². The third kappa shape index (κ3) is 4.82. The van der Waals surface area contributed by atoms with Crippen molar-refractivity contribution in [1.29, 1.82) is 0 Å². The Morgan fingerprint density at radius 1 is 1.02 bits per heavy atom. The summed E-state index contributed by atoms with van der Waals surface area (Å²) >= 11 is 10.3. The van der Waals surface area contributed by atoms with Crippen LogP contribution in [0.15, 0.2) is 98.6 Å². The number of hydrazone groups is 1. The van der Waals surface area contributed by atoms with Crippen molar-refractivity contribution in [2.45, 2.75) is 12.5 Å². The van der Waals surface area contributed by atoms with Crippen molar-refractivity contribution in [3.63, 3.8) is 0 Å². The van der Waals surface area contributed by atoms with Crippen LogP contribution in [0.3, 0.4) is 0 Å². The van der Waals surface area contributed by atoms with Gasteiger partial charge in [0, 0.05) is 43.8 Å². The lowest BCUT2D eigenvalue weighted by Crippen LogP contribution is -2.19. The first kappa shape index (κ1) is 26.7. The van der Waals surface area contributed by atoms with Gasteiger partial charge < -0.3 is 4.42 Å². The van der Waals surface area contributed by atoms with Gasteiger partial charge in [0.1, 0.15) is 10.7 Å². The minimum atomic E-state index is -0.477. The summed E-state index contributed by atoms with van der Waals surface area (Å²) in [5, 5.41) is 22.3. The number of aromatic nitrogens is 2. The van der Waals surface area contributed by atoms with Crippen LogP contribution in [0, 0.1) is 13.7 Å². The highest BCUT2D eigenvalue weighted by Gasteiger charge is 2.34. The highest BCUT2D eigenvalue weighted by molar-refractivity contribution is 14.1. The molecule has 0 saturated heterocycles. The molecule has 0 spiro atoms. The molecule has 1 atom stereocenters. The Balaban J connectivity index is 1.32. The number of thiazole rings is 1. The third-order valence-electron chi connectivity index (χ3n) is 7.04. The van der Waals surface area contributed by atoms with Crippen molar-refractivity contribution in [3.05, 3.63) is 125 Å². The Bertz CT molecular complexity index is 2130. The van der Waals surface area contributed by atoms with Gasteiger partial charge in [-0.15, -0.1) is 11.3 Å². The molecule has 3 aromatic carbocycles. The zero-order valence-electron chi connectivity index (χ0n) is 21.4. The Morgan fingerprint density at radius 2 is 1.83 bits per heavy atom. The van der Waals surface area contributed by atoms with E-state index in [1.54, 1.807) is 34.7 Å². The standard InChI is InChI=1S/C30H17ClIN5O4S/c31-28-22(12-17-3-1-2-4-23(17)33-28)26-14-24(16-5-8-20(9-6-16)37(39)40)35-36(26)30-34-25(15-42-30)21-13-18-11-19(32)7-10-27(18)41-29(21)38/h1-13,15,26H,14H2. The molecule has 1 unspecified atom stereocenters. The van der Waals surface area contributed by atoms with Crippen LogP contribution in [0.4, 0.5) is 10.8 Å². The number of nitrogens with zero attached hydrogens (tertiary/aromatic N) is 5. The molecule has 42 heavy (non-hydrogen) atoms. The average molecular weight is 706 g/mol. The van der Waals surface area contributed by atoms with E-state index < -0.39 is 10.5 Å². The molecule has 7 rings (SSSR count). The normalized spacial score (nSPS) is 15.0. The third-order valence-corrected chi connectivity index (χ3v) is 8.85. The monoisotopic (exact) mass is 705 g/mol. The molecule has 0 N–H and O–H groups in total. The van der Waals surface area contributed by atoms with E-state index in [9.17, 15) is 14.9 Å². The summed E-state index contributed by atoms with van der Waals surface area (Å²) in [4.78, 5) is 33.1. The summed E-state index contributed by atoms with van der Waals surface area (Å²) in [6.45, 7) is 0. The van der Waals surface area contributed by atoms with E-state index in [-0.39, 0.29) is 11.7 Å². The van der Waals surface area contributed by atoms with Crippen molar-refractivity contribution in [3.8, 4) is 11.3 Å². The molecule has 0 bridgehead atoms. The van der Waals surface area contributed by atoms with Gasteiger partial charge in [0.25, 0.3) is 5.69 Å². The molecule has 12 heteroatoms. The number of hydrogen-bond donors (Lipinski definition) is 0. The lowest BCUT2D eigenvalue weighted by molar-refractivity contribution is -0.384. The molecule has 1 aliphatic heterocycles. The lowest BCUT2D eigenvalue weighted by atomic mass is 9.98. The van der Waals surface area contributed by atoms with Gasteiger partial charge in [0.15, 0.2) is 0 Å². The number of fused-ring (bicyclic) bond motifs is 2. The molecular formula is C30H17ClIN5O4S. The molecule has 4 heterocycles. The molecule has 0 aliphatic carbocycles. The Morgan fingerprint density at radius 3 is 2.64 bits per heavy atom. The summed E-state index contributed by atoms with van der Waals surface area (Å²) in [6.07, 6.45) is 0.461. The SMILES string of the molecule is O=c1oc2ccc(I)cc2cc1-c1csc(N2N=C(c3ccc([N+](=O)[O-])cc3)CC2c2cc3ccccc3nc2Cl)n1. The number of pyridine rings is 1. The molecule has 0 amide bonds. The number of rotatable bonds is 5. The van der Waals surface area contributed by atoms with Crippen LogP contribution >= 0.6 is 45.5 Å². The highest BCUT2D eigenvalue weighted by atomic mass is 127. The van der Waals surface area contributed by atoms with Crippen molar-refractivity contribution < 1.29 is 9.34 Å². The summed E-state index contributed by atoms with van der Waals surface area (Å²) in [5.74, 6) is 0. The number of non-ortho nitro benzene ring substituents is 1. The van der Waals surface area contributed by atoms with Gasteiger partial charge in [0.05, 0.1) is 33.5 Å². The Kier molecular flexibility index (Phi) is 6.72. The second kappa shape index (κ2) is 10.6. The van der Waals surface area contributed by atoms with Gasteiger partial charge in [0.2, 0.25) is 5.13 Å². The topological polar surface area (TPSA) is 115 Å². The maximum Gasteiger partial charge on any atom is 0.345 e. The smallest absolute Gasteiger partial charge is 0.345 e. The number of nitro benzene ring substituents is 1. The first-order chi connectivity index (χ1) is 20.3. The first-order valence-electron chi connectivity index (χ1n) is 12.7. The van der Waals surface area contributed by atoms with Gasteiger partial charge in [-0.25, -0.2) is 19.8 Å². The predicted octanol–water partition coefficient (Wildman–Crippen LogP) is 7.99. The van der Waals surface area contributed by atoms with E-state index >= 15 is 0 Å². The molecule has 0 saturated carbocycles. The van der Waals surface area contributed by atoms with Gasteiger partial charge in [-0.2, -0.15) is 5.10 Å². The lowest BCUT2D eigenvalue weighted by Gasteiger charge is -2.22. The zero-order chi connectivity index (χ0) is 29.0. The summed E-state index contributed by atoms with van der Waals surface area (Å²) in [6, 6.07) is 23.1.